The molecule has 0 unspecified atom stereocenters. The zero-order valence-corrected chi connectivity index (χ0v) is 18.7. The summed E-state index contributed by atoms with van der Waals surface area (Å²) < 4.78 is 22.3. The molecule has 0 fully saturated rings. The van der Waals surface area contributed by atoms with Gasteiger partial charge < -0.3 is 15.0 Å². The summed E-state index contributed by atoms with van der Waals surface area (Å²) in [6, 6.07) is 13.2. The molecule has 0 bridgehead atoms. The van der Waals surface area contributed by atoms with Gasteiger partial charge >= 0.3 is 5.91 Å². The minimum absolute atomic E-state index is 0.206. The van der Waals surface area contributed by atoms with E-state index in [0.717, 1.165) is 0 Å². The molecule has 5 rings (SSSR count). The SMILES string of the molecule is CC#CC(=O)N(C)c1ccc2ncnc(Nc3ccc(Oc4ccn5ncnc5c4)cc3F)c2c1. The van der Waals surface area contributed by atoms with Crippen LogP contribution < -0.4 is 15.0 Å². The first-order chi connectivity index (χ1) is 17.0. The van der Waals surface area contributed by atoms with Crippen LogP contribution in [0.2, 0.25) is 0 Å². The van der Waals surface area contributed by atoms with Crippen molar-refractivity contribution in [1.82, 2.24) is 24.6 Å². The second-order valence-electron chi connectivity index (χ2n) is 7.46. The highest BCUT2D eigenvalue weighted by Crippen LogP contribution is 2.30. The highest BCUT2D eigenvalue weighted by molar-refractivity contribution is 6.06. The van der Waals surface area contributed by atoms with Crippen LogP contribution in [-0.4, -0.2) is 37.5 Å². The number of pyridine rings is 1. The van der Waals surface area contributed by atoms with Gasteiger partial charge in [-0.3, -0.25) is 4.79 Å². The van der Waals surface area contributed by atoms with Crippen molar-refractivity contribution >= 4 is 39.6 Å². The van der Waals surface area contributed by atoms with E-state index in [1.165, 1.54) is 23.6 Å². The summed E-state index contributed by atoms with van der Waals surface area (Å²) in [7, 11) is 1.63. The summed E-state index contributed by atoms with van der Waals surface area (Å²) in [4.78, 5) is 26.2. The summed E-state index contributed by atoms with van der Waals surface area (Å²) in [5.74, 6) is 5.45. The lowest BCUT2D eigenvalue weighted by molar-refractivity contribution is -0.113. The van der Waals surface area contributed by atoms with E-state index in [1.807, 2.05) is 0 Å². The van der Waals surface area contributed by atoms with Crippen molar-refractivity contribution in [1.29, 1.82) is 0 Å². The maximum Gasteiger partial charge on any atom is 0.302 e. The van der Waals surface area contributed by atoms with Crippen molar-refractivity contribution in [2.75, 3.05) is 17.3 Å². The zero-order valence-electron chi connectivity index (χ0n) is 18.7. The Morgan fingerprint density at radius 1 is 1.06 bits per heavy atom. The number of hydrogen-bond acceptors (Lipinski definition) is 7. The molecule has 9 nitrogen and oxygen atoms in total. The minimum Gasteiger partial charge on any atom is -0.457 e. The summed E-state index contributed by atoms with van der Waals surface area (Å²) >= 11 is 0. The van der Waals surface area contributed by atoms with E-state index in [9.17, 15) is 9.18 Å². The maximum atomic E-state index is 15.0. The number of nitrogens with one attached hydrogen (secondary N) is 1. The van der Waals surface area contributed by atoms with E-state index in [4.69, 9.17) is 4.74 Å². The largest absolute Gasteiger partial charge is 0.457 e. The van der Waals surface area contributed by atoms with Crippen LogP contribution in [0.3, 0.4) is 0 Å². The first-order valence-corrected chi connectivity index (χ1v) is 10.5. The fraction of sp³-hybridized carbons (Fsp3) is 0.0800. The van der Waals surface area contributed by atoms with Gasteiger partial charge in [0.15, 0.2) is 5.65 Å². The monoisotopic (exact) mass is 467 g/mol. The van der Waals surface area contributed by atoms with Crippen LogP contribution >= 0.6 is 0 Å². The number of anilines is 3. The minimum atomic E-state index is -0.528. The third-order valence-corrected chi connectivity index (χ3v) is 5.22. The standard InChI is InChI=1S/C25H18FN7O2/c1-3-4-24(34)32(2)16-5-7-21-19(11-16)25(29-14-27-21)31-22-8-6-17(12-20(22)26)35-18-9-10-33-23(13-18)28-15-30-33/h5-15H,1-2H3,(H,27,29,31). The molecule has 1 amide bonds. The molecule has 0 aliphatic carbocycles. The van der Waals surface area contributed by atoms with Crippen LogP contribution in [0, 0.1) is 17.7 Å². The number of halogens is 1. The van der Waals surface area contributed by atoms with Gasteiger partial charge in [0.1, 0.15) is 35.8 Å². The number of ether oxygens (including phenoxy) is 1. The molecule has 0 radical (unpaired) electrons. The van der Waals surface area contributed by atoms with E-state index < -0.39 is 5.82 Å². The molecular formula is C25H18FN7O2. The number of aromatic nitrogens is 5. The Morgan fingerprint density at radius 2 is 1.91 bits per heavy atom. The molecule has 0 aliphatic heterocycles. The fourth-order valence-electron chi connectivity index (χ4n) is 3.45. The summed E-state index contributed by atoms with van der Waals surface area (Å²) in [5, 5.41) is 7.67. The molecule has 0 saturated carbocycles. The van der Waals surface area contributed by atoms with Crippen molar-refractivity contribution in [2.24, 2.45) is 0 Å². The maximum absolute atomic E-state index is 15.0. The number of hydrogen-bond donors (Lipinski definition) is 1. The fourth-order valence-corrected chi connectivity index (χ4v) is 3.45. The first kappa shape index (κ1) is 21.8. The molecule has 10 heteroatoms. The lowest BCUT2D eigenvalue weighted by Crippen LogP contribution is -2.24. The van der Waals surface area contributed by atoms with Crippen molar-refractivity contribution in [3.05, 3.63) is 73.2 Å². The van der Waals surface area contributed by atoms with Gasteiger partial charge in [-0.05, 0) is 49.2 Å². The number of rotatable bonds is 5. The molecule has 0 aliphatic rings. The molecule has 5 aromatic rings. The second-order valence-corrected chi connectivity index (χ2v) is 7.46. The predicted octanol–water partition coefficient (Wildman–Crippen LogP) is 4.33. The number of carbonyl (C=O) groups is 1. The van der Waals surface area contributed by atoms with Gasteiger partial charge in [-0.2, -0.15) is 5.10 Å². The molecule has 0 atom stereocenters. The Balaban J connectivity index is 1.41. The van der Waals surface area contributed by atoms with Gasteiger partial charge in [0.2, 0.25) is 0 Å². The van der Waals surface area contributed by atoms with E-state index in [2.05, 4.69) is 37.2 Å². The van der Waals surface area contributed by atoms with Gasteiger partial charge in [0.05, 0.1) is 11.2 Å². The Hall–Kier alpha value is -5.04. The van der Waals surface area contributed by atoms with E-state index in [0.29, 0.717) is 39.6 Å². The van der Waals surface area contributed by atoms with Crippen LogP contribution in [0.25, 0.3) is 16.6 Å². The average molecular weight is 467 g/mol. The van der Waals surface area contributed by atoms with Gasteiger partial charge in [-0.1, -0.05) is 5.92 Å². The number of amides is 1. The van der Waals surface area contributed by atoms with Crippen LogP contribution in [-0.2, 0) is 4.79 Å². The Bertz CT molecular complexity index is 1640. The van der Waals surface area contributed by atoms with Crippen molar-refractivity contribution < 1.29 is 13.9 Å². The molecule has 1 N–H and O–H groups in total. The molecule has 3 heterocycles. The number of fused-ring (bicyclic) bond motifs is 2. The third kappa shape index (κ3) is 4.43. The molecule has 35 heavy (non-hydrogen) atoms. The Labute approximate surface area is 199 Å². The highest BCUT2D eigenvalue weighted by atomic mass is 19.1. The quantitative estimate of drug-likeness (QED) is 0.384. The van der Waals surface area contributed by atoms with Crippen molar-refractivity contribution in [3.63, 3.8) is 0 Å². The Morgan fingerprint density at radius 3 is 2.74 bits per heavy atom. The zero-order chi connectivity index (χ0) is 24.4. The van der Waals surface area contributed by atoms with Crippen molar-refractivity contribution in [3.8, 4) is 23.3 Å². The molecule has 3 aromatic heterocycles. The van der Waals surface area contributed by atoms with Gasteiger partial charge in [0.25, 0.3) is 0 Å². The van der Waals surface area contributed by atoms with Gasteiger partial charge in [-0.25, -0.2) is 23.9 Å². The van der Waals surface area contributed by atoms with Crippen molar-refractivity contribution in [2.45, 2.75) is 6.92 Å². The van der Waals surface area contributed by atoms with Crippen LogP contribution in [0.15, 0.2) is 67.4 Å². The predicted molar refractivity (Wildman–Crippen MR) is 129 cm³/mol. The van der Waals surface area contributed by atoms with E-state index in [1.54, 1.807) is 67.1 Å². The Kier molecular flexibility index (Phi) is 5.65. The summed E-state index contributed by atoms with van der Waals surface area (Å²) in [6.07, 6.45) is 4.53. The van der Waals surface area contributed by atoms with Crippen LogP contribution in [0.5, 0.6) is 11.5 Å². The lowest BCUT2D eigenvalue weighted by Gasteiger charge is -2.16. The average Bonchev–Trinajstić information content (AvgIpc) is 3.33. The highest BCUT2D eigenvalue weighted by Gasteiger charge is 2.13. The smallest absolute Gasteiger partial charge is 0.302 e. The number of benzene rings is 2. The number of carbonyl (C=O) groups excluding carboxylic acids is 1. The summed E-state index contributed by atoms with van der Waals surface area (Å²) in [5.41, 5.74) is 2.07. The molecule has 172 valence electrons. The summed E-state index contributed by atoms with van der Waals surface area (Å²) in [6.45, 7) is 1.60. The van der Waals surface area contributed by atoms with Gasteiger partial charge in [-0.15, -0.1) is 0 Å². The lowest BCUT2D eigenvalue weighted by atomic mass is 10.2. The topological polar surface area (TPSA) is 97.5 Å². The normalized spacial score (nSPS) is 10.6. The van der Waals surface area contributed by atoms with E-state index in [-0.39, 0.29) is 11.6 Å². The molecular weight excluding hydrogens is 449 g/mol. The van der Waals surface area contributed by atoms with Crippen LogP contribution in [0.1, 0.15) is 6.92 Å². The third-order valence-electron chi connectivity index (χ3n) is 5.22. The van der Waals surface area contributed by atoms with E-state index >= 15 is 0 Å². The van der Waals surface area contributed by atoms with Gasteiger partial charge in [0, 0.05) is 36.5 Å². The molecule has 0 saturated heterocycles. The molecule has 2 aromatic carbocycles. The van der Waals surface area contributed by atoms with Crippen LogP contribution in [0.4, 0.5) is 21.6 Å². The molecule has 0 spiro atoms. The number of nitrogens with zero attached hydrogens (tertiary/aromatic N) is 6. The second kappa shape index (κ2) is 9.07. The first-order valence-electron chi connectivity index (χ1n) is 10.5.